The van der Waals surface area contributed by atoms with E-state index in [1.54, 1.807) is 0 Å². The average Bonchev–Trinajstić information content (AvgIpc) is 3.98. The molecule has 2 unspecified atom stereocenters. The SMILES string of the molecule is CC.CC.Cc1ccc(C)cc1.Cc1ccc(C)cc1.c1ccc(OCC2CO2)cc1.c1ccc(OCC2CO2)cc1. The average molecular weight is 573 g/mol. The molecule has 4 aromatic carbocycles. The molecule has 0 aliphatic carbocycles. The van der Waals surface area contributed by atoms with Gasteiger partial charge in [-0.25, -0.2) is 0 Å². The van der Waals surface area contributed by atoms with Gasteiger partial charge in [0.2, 0.25) is 0 Å². The van der Waals surface area contributed by atoms with Crippen molar-refractivity contribution in [3.63, 3.8) is 0 Å². The van der Waals surface area contributed by atoms with Gasteiger partial charge in [0.05, 0.1) is 13.2 Å². The normalized spacial score (nSPS) is 15.0. The lowest BCUT2D eigenvalue weighted by Gasteiger charge is -2.01. The van der Waals surface area contributed by atoms with Gasteiger partial charge in [-0.2, -0.15) is 0 Å². The summed E-state index contributed by atoms with van der Waals surface area (Å²) in [6.45, 7) is 19.5. The number of rotatable bonds is 6. The van der Waals surface area contributed by atoms with E-state index in [4.69, 9.17) is 18.9 Å². The van der Waals surface area contributed by atoms with Crippen LogP contribution < -0.4 is 9.47 Å². The molecule has 6 rings (SSSR count). The molecule has 0 amide bonds. The van der Waals surface area contributed by atoms with Gasteiger partial charge in [0.15, 0.2) is 0 Å². The monoisotopic (exact) mass is 572 g/mol. The van der Waals surface area contributed by atoms with E-state index in [2.05, 4.69) is 76.2 Å². The summed E-state index contributed by atoms with van der Waals surface area (Å²) in [7, 11) is 0. The molecule has 4 heteroatoms. The molecule has 4 nitrogen and oxygen atoms in total. The van der Waals surface area contributed by atoms with Gasteiger partial charge in [-0.05, 0) is 52.0 Å². The van der Waals surface area contributed by atoms with Gasteiger partial charge in [-0.1, -0.05) is 135 Å². The van der Waals surface area contributed by atoms with Gasteiger partial charge < -0.3 is 18.9 Å². The zero-order valence-electron chi connectivity index (χ0n) is 27.0. The maximum atomic E-state index is 5.40. The van der Waals surface area contributed by atoms with E-state index in [1.165, 1.54) is 22.3 Å². The lowest BCUT2D eigenvalue weighted by Crippen LogP contribution is -2.03. The predicted molar refractivity (Wildman–Crippen MR) is 178 cm³/mol. The van der Waals surface area contributed by atoms with E-state index in [1.807, 2.05) is 88.4 Å². The Hall–Kier alpha value is -3.60. The van der Waals surface area contributed by atoms with Crippen LogP contribution in [-0.4, -0.2) is 38.6 Å². The highest BCUT2D eigenvalue weighted by molar-refractivity contribution is 5.22. The number of para-hydroxylation sites is 2. The van der Waals surface area contributed by atoms with Gasteiger partial charge in [-0.3, -0.25) is 0 Å². The summed E-state index contributed by atoms with van der Waals surface area (Å²) in [6.07, 6.45) is 0.686. The van der Waals surface area contributed by atoms with Gasteiger partial charge in [0.25, 0.3) is 0 Å². The summed E-state index contributed by atoms with van der Waals surface area (Å²) in [5, 5.41) is 0. The molecule has 0 radical (unpaired) electrons. The molecule has 0 saturated carbocycles. The number of aryl methyl sites for hydroxylation is 4. The fourth-order valence-corrected chi connectivity index (χ4v) is 3.01. The molecule has 0 bridgehead atoms. The van der Waals surface area contributed by atoms with Crippen molar-refractivity contribution < 1.29 is 18.9 Å². The summed E-state index contributed by atoms with van der Waals surface area (Å²) >= 11 is 0. The van der Waals surface area contributed by atoms with Crippen molar-refractivity contribution in [1.82, 2.24) is 0 Å². The van der Waals surface area contributed by atoms with Gasteiger partial charge in [-0.15, -0.1) is 0 Å². The smallest absolute Gasteiger partial charge is 0.119 e. The van der Waals surface area contributed by atoms with Crippen LogP contribution in [0.25, 0.3) is 0 Å². The number of hydrogen-bond donors (Lipinski definition) is 0. The summed E-state index contributed by atoms with van der Waals surface area (Å²) in [5.74, 6) is 1.84. The summed E-state index contributed by atoms with van der Waals surface area (Å²) in [5.41, 5.74) is 5.32. The molecule has 0 N–H and O–H groups in total. The molecular weight excluding hydrogens is 520 g/mol. The lowest BCUT2D eigenvalue weighted by atomic mass is 10.2. The van der Waals surface area contributed by atoms with E-state index in [-0.39, 0.29) is 0 Å². The van der Waals surface area contributed by atoms with Gasteiger partial charge in [0, 0.05) is 0 Å². The van der Waals surface area contributed by atoms with Crippen molar-refractivity contribution in [3.8, 4) is 11.5 Å². The Morgan fingerprint density at radius 1 is 0.452 bits per heavy atom. The highest BCUT2D eigenvalue weighted by Crippen LogP contribution is 2.14. The Morgan fingerprint density at radius 3 is 0.905 bits per heavy atom. The van der Waals surface area contributed by atoms with Crippen LogP contribution in [-0.2, 0) is 9.47 Å². The minimum Gasteiger partial charge on any atom is -0.491 e. The first kappa shape index (κ1) is 36.4. The van der Waals surface area contributed by atoms with E-state index in [0.717, 1.165) is 24.7 Å². The second-order valence-electron chi connectivity index (χ2n) is 9.47. The third-order valence-electron chi connectivity index (χ3n) is 5.60. The molecule has 228 valence electrons. The molecular formula is C38H52O4. The quantitative estimate of drug-likeness (QED) is 0.216. The van der Waals surface area contributed by atoms with E-state index >= 15 is 0 Å². The number of ether oxygens (including phenoxy) is 4. The molecule has 2 aliphatic heterocycles. The van der Waals surface area contributed by atoms with Crippen molar-refractivity contribution in [3.05, 3.63) is 131 Å². The van der Waals surface area contributed by atoms with Crippen molar-refractivity contribution in [1.29, 1.82) is 0 Å². The maximum Gasteiger partial charge on any atom is 0.119 e. The first-order valence-corrected chi connectivity index (χ1v) is 15.1. The van der Waals surface area contributed by atoms with E-state index < -0.39 is 0 Å². The first-order chi connectivity index (χ1) is 20.5. The molecule has 2 aliphatic rings. The number of benzene rings is 4. The second kappa shape index (κ2) is 23.0. The molecule has 2 heterocycles. The summed E-state index contributed by atoms with van der Waals surface area (Å²) in [6, 6.07) is 36.5. The molecule has 2 atom stereocenters. The minimum atomic E-state index is 0.343. The van der Waals surface area contributed by atoms with E-state index in [0.29, 0.717) is 25.4 Å². The molecule has 0 aromatic heterocycles. The van der Waals surface area contributed by atoms with Crippen LogP contribution in [0, 0.1) is 27.7 Å². The Balaban J connectivity index is 0.000000272. The largest absolute Gasteiger partial charge is 0.491 e. The van der Waals surface area contributed by atoms with Crippen molar-refractivity contribution in [2.45, 2.75) is 67.6 Å². The van der Waals surface area contributed by atoms with Crippen LogP contribution in [0.2, 0.25) is 0 Å². The highest BCUT2D eigenvalue weighted by Gasteiger charge is 2.23. The molecule has 0 spiro atoms. The Labute approximate surface area is 255 Å². The summed E-state index contributed by atoms with van der Waals surface area (Å²) < 4.78 is 20.8. The van der Waals surface area contributed by atoms with Crippen LogP contribution in [0.15, 0.2) is 109 Å². The van der Waals surface area contributed by atoms with Crippen LogP contribution in [0.4, 0.5) is 0 Å². The number of epoxide rings is 2. The molecule has 2 fully saturated rings. The number of hydrogen-bond acceptors (Lipinski definition) is 4. The standard InChI is InChI=1S/2C9H10O2.2C8H10.2C2H6/c2*1-2-4-8(5-3-1)10-6-9-7-11-9;2*1-7-3-5-8(2)6-4-7;2*1-2/h2*1-5,9H,6-7H2;2*3-6H,1-2H3;2*1-2H3. The molecule has 42 heavy (non-hydrogen) atoms. The second-order valence-corrected chi connectivity index (χ2v) is 9.47. The van der Waals surface area contributed by atoms with Crippen LogP contribution in [0.5, 0.6) is 11.5 Å². The zero-order chi connectivity index (χ0) is 31.0. The van der Waals surface area contributed by atoms with Crippen LogP contribution in [0.1, 0.15) is 49.9 Å². The third-order valence-corrected chi connectivity index (χ3v) is 5.60. The van der Waals surface area contributed by atoms with Crippen molar-refractivity contribution in [2.75, 3.05) is 26.4 Å². The third kappa shape index (κ3) is 19.5. The van der Waals surface area contributed by atoms with Crippen molar-refractivity contribution in [2.24, 2.45) is 0 Å². The maximum absolute atomic E-state index is 5.40. The van der Waals surface area contributed by atoms with Crippen LogP contribution >= 0.6 is 0 Å². The van der Waals surface area contributed by atoms with Gasteiger partial charge in [0.1, 0.15) is 36.9 Å². The van der Waals surface area contributed by atoms with Gasteiger partial charge >= 0.3 is 0 Å². The van der Waals surface area contributed by atoms with E-state index in [9.17, 15) is 0 Å². The molecule has 4 aromatic rings. The summed E-state index contributed by atoms with van der Waals surface area (Å²) in [4.78, 5) is 0. The highest BCUT2D eigenvalue weighted by atomic mass is 16.6. The topological polar surface area (TPSA) is 43.5 Å². The fraction of sp³-hybridized carbons (Fsp3) is 0.368. The van der Waals surface area contributed by atoms with Crippen molar-refractivity contribution >= 4 is 0 Å². The zero-order valence-corrected chi connectivity index (χ0v) is 27.0. The van der Waals surface area contributed by atoms with Crippen LogP contribution in [0.3, 0.4) is 0 Å². The Kier molecular flexibility index (Phi) is 20.0. The predicted octanol–water partition coefficient (Wildman–Crippen LogP) is 9.59. The fourth-order valence-electron chi connectivity index (χ4n) is 3.01. The minimum absolute atomic E-state index is 0.343. The molecule has 2 saturated heterocycles. The first-order valence-electron chi connectivity index (χ1n) is 15.1. The Bertz CT molecular complexity index is 998. The lowest BCUT2D eigenvalue weighted by molar-refractivity contribution is 0.263. The Morgan fingerprint density at radius 2 is 0.690 bits per heavy atom.